The highest BCUT2D eigenvalue weighted by molar-refractivity contribution is 9.10. The van der Waals surface area contributed by atoms with Gasteiger partial charge >= 0.3 is 7.12 Å². The molecule has 0 unspecified atom stereocenters. The highest BCUT2D eigenvalue weighted by Gasteiger charge is 2.09. The van der Waals surface area contributed by atoms with E-state index in [-0.39, 0.29) is 0 Å². The number of hydrogen-bond acceptors (Lipinski definition) is 6. The SMILES string of the molecule is Brc1cnc2c(ccc3cc(Br)cnc32)c1.OB(O)c1ccccc1.c1ccc(-c2cnc3c(ccc4cc(-c5ccccc5)cnc43)c2)cc1. The molecule has 0 aliphatic carbocycles. The number of halogens is 2. The van der Waals surface area contributed by atoms with Crippen molar-refractivity contribution in [1.82, 2.24) is 19.9 Å². The molecule has 9 heteroatoms. The number of pyridine rings is 4. The summed E-state index contributed by atoms with van der Waals surface area (Å²) in [5, 5.41) is 21.6. The predicted molar refractivity (Wildman–Crippen MR) is 217 cm³/mol. The number of hydrogen-bond donors (Lipinski definition) is 2. The second-order valence-electron chi connectivity index (χ2n) is 11.7. The summed E-state index contributed by atoms with van der Waals surface area (Å²) in [5.74, 6) is 0. The van der Waals surface area contributed by atoms with Crippen molar-refractivity contribution in [3.05, 3.63) is 173 Å². The molecule has 51 heavy (non-hydrogen) atoms. The number of benzene rings is 5. The summed E-state index contributed by atoms with van der Waals surface area (Å²) in [6, 6.07) is 46.2. The number of fused-ring (bicyclic) bond motifs is 6. The Labute approximate surface area is 311 Å². The van der Waals surface area contributed by atoms with Gasteiger partial charge in [0, 0.05) is 66.4 Å². The molecule has 0 saturated heterocycles. The second kappa shape index (κ2) is 15.7. The van der Waals surface area contributed by atoms with Gasteiger partial charge in [-0.1, -0.05) is 115 Å². The third kappa shape index (κ3) is 8.03. The maximum absolute atomic E-state index is 8.58. The van der Waals surface area contributed by atoms with Gasteiger partial charge in [-0.2, -0.15) is 0 Å². The lowest BCUT2D eigenvalue weighted by molar-refractivity contribution is 0.426. The van der Waals surface area contributed by atoms with Crippen LogP contribution < -0.4 is 5.46 Å². The largest absolute Gasteiger partial charge is 0.488 e. The lowest BCUT2D eigenvalue weighted by Gasteiger charge is -2.07. The highest BCUT2D eigenvalue weighted by atomic mass is 79.9. The van der Waals surface area contributed by atoms with E-state index in [1.807, 2.05) is 67.0 Å². The Bertz CT molecular complexity index is 2440. The van der Waals surface area contributed by atoms with Crippen LogP contribution in [0, 0.1) is 0 Å². The van der Waals surface area contributed by atoms with E-state index in [2.05, 4.69) is 102 Å². The van der Waals surface area contributed by atoms with Crippen molar-refractivity contribution >= 4 is 88.1 Å². The third-order valence-electron chi connectivity index (χ3n) is 8.25. The van der Waals surface area contributed by atoms with Gasteiger partial charge in [0.05, 0.1) is 22.1 Å². The van der Waals surface area contributed by atoms with Crippen LogP contribution in [-0.4, -0.2) is 37.1 Å². The molecule has 9 rings (SSSR count). The molecule has 0 amide bonds. The first-order valence-electron chi connectivity index (χ1n) is 16.1. The lowest BCUT2D eigenvalue weighted by Crippen LogP contribution is -2.29. The summed E-state index contributed by atoms with van der Waals surface area (Å²) in [7, 11) is -1.34. The van der Waals surface area contributed by atoms with Gasteiger partial charge < -0.3 is 10.0 Å². The van der Waals surface area contributed by atoms with Gasteiger partial charge in [0.25, 0.3) is 0 Å². The molecule has 246 valence electrons. The van der Waals surface area contributed by atoms with Crippen LogP contribution in [0.5, 0.6) is 0 Å². The third-order valence-corrected chi connectivity index (χ3v) is 9.11. The first-order valence-corrected chi connectivity index (χ1v) is 17.7. The van der Waals surface area contributed by atoms with Crippen LogP contribution in [0.4, 0.5) is 0 Å². The molecule has 9 aromatic rings. The van der Waals surface area contributed by atoms with Gasteiger partial charge in [-0.15, -0.1) is 0 Å². The van der Waals surface area contributed by atoms with Crippen LogP contribution in [-0.2, 0) is 0 Å². The summed E-state index contributed by atoms with van der Waals surface area (Å²) >= 11 is 6.84. The van der Waals surface area contributed by atoms with E-state index in [1.165, 1.54) is 11.1 Å². The van der Waals surface area contributed by atoms with Crippen molar-refractivity contribution in [3.8, 4) is 22.3 Å². The first-order chi connectivity index (χ1) is 24.9. The van der Waals surface area contributed by atoms with Gasteiger partial charge in [0.15, 0.2) is 0 Å². The van der Waals surface area contributed by atoms with Crippen molar-refractivity contribution in [3.63, 3.8) is 0 Å². The Hall–Kier alpha value is -5.32. The van der Waals surface area contributed by atoms with Crippen molar-refractivity contribution in [1.29, 1.82) is 0 Å². The van der Waals surface area contributed by atoms with Gasteiger partial charge in [-0.05, 0) is 72.7 Å². The van der Waals surface area contributed by atoms with Gasteiger partial charge in [-0.25, -0.2) is 0 Å². The second-order valence-corrected chi connectivity index (χ2v) is 13.5. The zero-order valence-electron chi connectivity index (χ0n) is 27.1. The van der Waals surface area contributed by atoms with Crippen LogP contribution in [0.1, 0.15) is 0 Å². The van der Waals surface area contributed by atoms with Crippen LogP contribution in [0.25, 0.3) is 65.9 Å². The summed E-state index contributed by atoms with van der Waals surface area (Å²) in [6.45, 7) is 0. The van der Waals surface area contributed by atoms with E-state index in [1.54, 1.807) is 36.7 Å². The topological polar surface area (TPSA) is 92.0 Å². The van der Waals surface area contributed by atoms with Crippen LogP contribution in [0.15, 0.2) is 173 Å². The summed E-state index contributed by atoms with van der Waals surface area (Å²) < 4.78 is 1.97. The minimum absolute atomic E-state index is 0.525. The maximum Gasteiger partial charge on any atom is 0.488 e. The molecule has 0 radical (unpaired) electrons. The average molecular weight is 792 g/mol. The fourth-order valence-corrected chi connectivity index (χ4v) is 6.43. The van der Waals surface area contributed by atoms with E-state index in [4.69, 9.17) is 20.0 Å². The maximum atomic E-state index is 8.58. The Balaban J connectivity index is 0.000000137. The van der Waals surface area contributed by atoms with Crippen molar-refractivity contribution < 1.29 is 10.0 Å². The van der Waals surface area contributed by atoms with Gasteiger partial charge in [-0.3, -0.25) is 19.9 Å². The molecule has 4 aromatic heterocycles. The van der Waals surface area contributed by atoms with Gasteiger partial charge in [0.2, 0.25) is 0 Å². The van der Waals surface area contributed by atoms with Crippen molar-refractivity contribution in [2.75, 3.05) is 0 Å². The Kier molecular flexibility index (Phi) is 10.5. The molecule has 0 saturated carbocycles. The fraction of sp³-hybridized carbons (Fsp3) is 0. The van der Waals surface area contributed by atoms with Crippen LogP contribution in [0.3, 0.4) is 0 Å². The van der Waals surface area contributed by atoms with Gasteiger partial charge in [0.1, 0.15) is 0 Å². The summed E-state index contributed by atoms with van der Waals surface area (Å²) in [4.78, 5) is 18.3. The summed E-state index contributed by atoms with van der Waals surface area (Å²) in [6.07, 6.45) is 7.46. The monoisotopic (exact) mass is 790 g/mol. The van der Waals surface area contributed by atoms with Crippen molar-refractivity contribution in [2.45, 2.75) is 0 Å². The average Bonchev–Trinajstić information content (AvgIpc) is 3.18. The van der Waals surface area contributed by atoms with E-state index in [0.717, 1.165) is 63.7 Å². The smallest absolute Gasteiger partial charge is 0.423 e. The quantitative estimate of drug-likeness (QED) is 0.137. The molecule has 0 spiro atoms. The highest BCUT2D eigenvalue weighted by Crippen LogP contribution is 2.30. The van der Waals surface area contributed by atoms with Crippen LogP contribution >= 0.6 is 31.9 Å². The normalized spacial score (nSPS) is 10.7. The molecular formula is C42H29BBr2N4O2. The minimum atomic E-state index is -1.34. The minimum Gasteiger partial charge on any atom is -0.423 e. The zero-order valence-corrected chi connectivity index (χ0v) is 30.3. The van der Waals surface area contributed by atoms with Crippen LogP contribution in [0.2, 0.25) is 0 Å². The van der Waals surface area contributed by atoms with E-state index >= 15 is 0 Å². The molecule has 0 aliphatic heterocycles. The van der Waals surface area contributed by atoms with E-state index in [9.17, 15) is 0 Å². The van der Waals surface area contributed by atoms with Crippen molar-refractivity contribution in [2.24, 2.45) is 0 Å². The number of aromatic nitrogens is 4. The molecule has 5 aromatic carbocycles. The number of nitrogens with zero attached hydrogens (tertiary/aromatic N) is 4. The molecule has 0 aliphatic rings. The standard InChI is InChI=1S/C24H16N2.C12H6Br2N2.C6H7BO2/c1-3-7-17(8-4-1)21-13-19-11-12-20-14-22(18-9-5-2-6-10-18)16-26-24(20)23(19)25-15-21;13-9-3-7-1-2-8-4-10(14)6-16-12(8)11(7)15-5-9;8-7(9)6-4-2-1-3-5-6/h1-16H;1-6H;1-5,8-9H. The molecule has 4 heterocycles. The Morgan fingerprint density at radius 3 is 1.06 bits per heavy atom. The fourth-order valence-electron chi connectivity index (χ4n) is 5.73. The predicted octanol–water partition coefficient (Wildman–Crippen LogP) is 9.79. The molecule has 2 N–H and O–H groups in total. The van der Waals surface area contributed by atoms with E-state index < -0.39 is 7.12 Å². The first kappa shape index (κ1) is 34.1. The molecule has 0 atom stereocenters. The Morgan fingerprint density at radius 1 is 0.373 bits per heavy atom. The zero-order chi connectivity index (χ0) is 35.2. The lowest BCUT2D eigenvalue weighted by atomic mass is 9.81. The molecule has 0 fully saturated rings. The molecular weight excluding hydrogens is 763 g/mol. The molecule has 6 nitrogen and oxygen atoms in total. The van der Waals surface area contributed by atoms with E-state index in [0.29, 0.717) is 5.46 Å². The molecule has 0 bridgehead atoms. The Morgan fingerprint density at radius 2 is 0.706 bits per heavy atom. The number of rotatable bonds is 3. The summed E-state index contributed by atoms with van der Waals surface area (Å²) in [5.41, 5.74) is 8.89.